The summed E-state index contributed by atoms with van der Waals surface area (Å²) in [7, 11) is 0. The molecule has 0 aliphatic heterocycles. The second-order valence-corrected chi connectivity index (χ2v) is 4.73. The molecular weight excluding hydrogens is 261 g/mol. The zero-order valence-electron chi connectivity index (χ0n) is 9.16. The number of rotatable bonds is 3. The predicted octanol–water partition coefficient (Wildman–Crippen LogP) is 4.02. The summed E-state index contributed by atoms with van der Waals surface area (Å²) in [6.07, 6.45) is -4.49. The van der Waals surface area contributed by atoms with E-state index < -0.39 is 18.6 Å². The minimum Gasteiger partial charge on any atom is -0.383 e. The standard InChI is InChI=1S/C12H9F3N2S/c13-12(14,15)9(6-16)7-17-10-1-2-11-8(5-10)3-4-18-11/h1-5,9,17H,7H2. The van der Waals surface area contributed by atoms with Crippen LogP contribution in [-0.2, 0) is 0 Å². The number of nitrogens with one attached hydrogen (secondary N) is 1. The van der Waals surface area contributed by atoms with E-state index in [9.17, 15) is 13.2 Å². The van der Waals surface area contributed by atoms with Gasteiger partial charge in [0.2, 0.25) is 0 Å². The van der Waals surface area contributed by atoms with Crippen LogP contribution in [0.1, 0.15) is 0 Å². The Hall–Kier alpha value is -1.74. The highest BCUT2D eigenvalue weighted by Crippen LogP contribution is 2.27. The van der Waals surface area contributed by atoms with E-state index in [-0.39, 0.29) is 0 Å². The molecule has 1 atom stereocenters. The second-order valence-electron chi connectivity index (χ2n) is 3.78. The van der Waals surface area contributed by atoms with Crippen LogP contribution in [0.5, 0.6) is 0 Å². The molecule has 0 saturated carbocycles. The number of hydrogen-bond acceptors (Lipinski definition) is 3. The quantitative estimate of drug-likeness (QED) is 0.914. The van der Waals surface area contributed by atoms with Crippen LogP contribution in [-0.4, -0.2) is 12.7 Å². The lowest BCUT2D eigenvalue weighted by molar-refractivity contribution is -0.155. The van der Waals surface area contributed by atoms with Crippen molar-refractivity contribution in [3.05, 3.63) is 29.6 Å². The molecule has 0 saturated heterocycles. The molecule has 0 fully saturated rings. The van der Waals surface area contributed by atoms with Crippen LogP contribution < -0.4 is 5.32 Å². The molecule has 0 bridgehead atoms. The highest BCUT2D eigenvalue weighted by atomic mass is 32.1. The average Bonchev–Trinajstić information content (AvgIpc) is 2.75. The maximum atomic E-state index is 12.4. The van der Waals surface area contributed by atoms with Gasteiger partial charge in [0, 0.05) is 16.9 Å². The van der Waals surface area contributed by atoms with Crippen molar-refractivity contribution in [2.75, 3.05) is 11.9 Å². The Labute approximate surface area is 106 Å². The molecule has 0 amide bonds. The largest absolute Gasteiger partial charge is 0.406 e. The summed E-state index contributed by atoms with van der Waals surface area (Å²) in [5, 5.41) is 14.0. The first-order valence-electron chi connectivity index (χ1n) is 5.18. The van der Waals surface area contributed by atoms with E-state index in [4.69, 9.17) is 5.26 Å². The van der Waals surface area contributed by atoms with Gasteiger partial charge < -0.3 is 5.32 Å². The Morgan fingerprint density at radius 1 is 1.33 bits per heavy atom. The molecule has 0 radical (unpaired) electrons. The summed E-state index contributed by atoms with van der Waals surface area (Å²) in [6, 6.07) is 8.49. The highest BCUT2D eigenvalue weighted by molar-refractivity contribution is 7.17. The summed E-state index contributed by atoms with van der Waals surface area (Å²) in [5.41, 5.74) is 0.588. The fourth-order valence-corrected chi connectivity index (χ4v) is 2.30. The second kappa shape index (κ2) is 4.86. The van der Waals surface area contributed by atoms with Gasteiger partial charge >= 0.3 is 6.18 Å². The Morgan fingerprint density at radius 3 is 2.78 bits per heavy atom. The minimum atomic E-state index is -4.49. The summed E-state index contributed by atoms with van der Waals surface area (Å²) >= 11 is 1.57. The molecule has 1 unspecified atom stereocenters. The molecule has 0 aliphatic carbocycles. The first-order valence-corrected chi connectivity index (χ1v) is 6.06. The Bertz CT molecular complexity index is 583. The van der Waals surface area contributed by atoms with Crippen molar-refractivity contribution in [3.8, 4) is 6.07 Å². The van der Waals surface area contributed by atoms with E-state index in [0.717, 1.165) is 10.1 Å². The third-order valence-electron chi connectivity index (χ3n) is 2.51. The number of alkyl halides is 3. The van der Waals surface area contributed by atoms with Gasteiger partial charge in [-0.15, -0.1) is 11.3 Å². The third kappa shape index (κ3) is 2.74. The monoisotopic (exact) mass is 270 g/mol. The van der Waals surface area contributed by atoms with E-state index in [1.165, 1.54) is 6.07 Å². The molecular formula is C12H9F3N2S. The van der Waals surface area contributed by atoms with Gasteiger partial charge in [0.1, 0.15) is 0 Å². The van der Waals surface area contributed by atoms with Crippen molar-refractivity contribution < 1.29 is 13.2 Å². The van der Waals surface area contributed by atoms with Crippen molar-refractivity contribution >= 4 is 27.1 Å². The van der Waals surface area contributed by atoms with Gasteiger partial charge in [0.15, 0.2) is 5.92 Å². The van der Waals surface area contributed by atoms with Crippen molar-refractivity contribution in [2.45, 2.75) is 6.18 Å². The molecule has 1 aromatic heterocycles. The number of fused-ring (bicyclic) bond motifs is 1. The molecule has 1 aromatic carbocycles. The lowest BCUT2D eigenvalue weighted by atomic mass is 10.1. The van der Waals surface area contributed by atoms with Crippen LogP contribution in [0.15, 0.2) is 29.6 Å². The van der Waals surface area contributed by atoms with E-state index in [2.05, 4.69) is 5.32 Å². The van der Waals surface area contributed by atoms with Gasteiger partial charge in [-0.3, -0.25) is 0 Å². The van der Waals surface area contributed by atoms with Crippen LogP contribution in [0, 0.1) is 17.2 Å². The average molecular weight is 270 g/mol. The summed E-state index contributed by atoms with van der Waals surface area (Å²) in [6.45, 7) is -0.435. The van der Waals surface area contributed by atoms with Gasteiger partial charge in [-0.2, -0.15) is 18.4 Å². The van der Waals surface area contributed by atoms with Crippen molar-refractivity contribution in [3.63, 3.8) is 0 Å². The Morgan fingerprint density at radius 2 is 2.11 bits per heavy atom. The van der Waals surface area contributed by atoms with E-state index >= 15 is 0 Å². The predicted molar refractivity (Wildman–Crippen MR) is 65.5 cm³/mol. The first-order chi connectivity index (χ1) is 8.50. The van der Waals surface area contributed by atoms with Crippen LogP contribution in [0.4, 0.5) is 18.9 Å². The molecule has 6 heteroatoms. The number of nitrogens with zero attached hydrogens (tertiary/aromatic N) is 1. The summed E-state index contributed by atoms with van der Waals surface area (Å²) < 4.78 is 38.2. The van der Waals surface area contributed by atoms with Gasteiger partial charge in [-0.05, 0) is 35.0 Å². The van der Waals surface area contributed by atoms with Crippen molar-refractivity contribution in [1.82, 2.24) is 0 Å². The molecule has 1 N–H and O–H groups in total. The smallest absolute Gasteiger partial charge is 0.383 e. The number of halogens is 3. The van der Waals surface area contributed by atoms with Gasteiger partial charge in [-0.25, -0.2) is 0 Å². The molecule has 94 valence electrons. The van der Waals surface area contributed by atoms with Crippen LogP contribution in [0.25, 0.3) is 10.1 Å². The molecule has 18 heavy (non-hydrogen) atoms. The Balaban J connectivity index is 2.08. The number of thiophene rings is 1. The fraction of sp³-hybridized carbons (Fsp3) is 0.250. The molecule has 0 spiro atoms. The van der Waals surface area contributed by atoms with E-state index in [0.29, 0.717) is 5.69 Å². The van der Waals surface area contributed by atoms with Gasteiger partial charge in [0.05, 0.1) is 6.07 Å². The first kappa shape index (κ1) is 12.7. The lowest BCUT2D eigenvalue weighted by Crippen LogP contribution is -2.28. The van der Waals surface area contributed by atoms with Crippen LogP contribution in [0.3, 0.4) is 0 Å². The zero-order valence-corrected chi connectivity index (χ0v) is 9.98. The molecule has 0 aliphatic rings. The molecule has 2 nitrogen and oxygen atoms in total. The highest BCUT2D eigenvalue weighted by Gasteiger charge is 2.39. The fourth-order valence-electron chi connectivity index (χ4n) is 1.53. The van der Waals surface area contributed by atoms with Crippen LogP contribution in [0.2, 0.25) is 0 Å². The van der Waals surface area contributed by atoms with Crippen LogP contribution >= 0.6 is 11.3 Å². The number of hydrogen-bond donors (Lipinski definition) is 1. The number of anilines is 1. The van der Waals surface area contributed by atoms with E-state index in [1.54, 1.807) is 23.5 Å². The zero-order chi connectivity index (χ0) is 13.2. The molecule has 1 heterocycles. The lowest BCUT2D eigenvalue weighted by Gasteiger charge is -2.14. The third-order valence-corrected chi connectivity index (χ3v) is 3.41. The molecule has 2 aromatic rings. The van der Waals surface area contributed by atoms with Gasteiger partial charge in [0.25, 0.3) is 0 Å². The number of nitriles is 1. The Kier molecular flexibility index (Phi) is 3.43. The van der Waals surface area contributed by atoms with Crippen molar-refractivity contribution in [2.24, 2.45) is 5.92 Å². The van der Waals surface area contributed by atoms with E-state index in [1.807, 2.05) is 17.5 Å². The topological polar surface area (TPSA) is 35.8 Å². The number of benzene rings is 1. The summed E-state index contributed by atoms with van der Waals surface area (Å²) in [5.74, 6) is -1.99. The maximum absolute atomic E-state index is 12.4. The normalized spacial score (nSPS) is 13.2. The van der Waals surface area contributed by atoms with Crippen molar-refractivity contribution in [1.29, 1.82) is 5.26 Å². The SMILES string of the molecule is N#CC(CNc1ccc2sccc2c1)C(F)(F)F. The molecule has 2 rings (SSSR count). The maximum Gasteiger partial charge on any atom is 0.406 e. The summed E-state index contributed by atoms with van der Waals surface area (Å²) in [4.78, 5) is 0. The van der Waals surface area contributed by atoms with Gasteiger partial charge in [-0.1, -0.05) is 0 Å². The minimum absolute atomic E-state index is 0.435.